The number of fused-ring (bicyclic) bond motifs is 1. The highest BCUT2D eigenvalue weighted by Gasteiger charge is 2.13. The summed E-state index contributed by atoms with van der Waals surface area (Å²) in [5, 5.41) is 0. The van der Waals surface area contributed by atoms with Gasteiger partial charge >= 0.3 is 10.8 Å². The molecule has 1 heterocycles. The molecule has 0 saturated heterocycles. The fraction of sp³-hybridized carbons (Fsp3) is 0.333. The maximum atomic E-state index is 11.8. The number of carbonyl (C=O) groups excluding carboxylic acids is 1. The first kappa shape index (κ1) is 13.1. The van der Waals surface area contributed by atoms with E-state index in [1.54, 1.807) is 6.92 Å². The fourth-order valence-corrected chi connectivity index (χ4v) is 2.54. The summed E-state index contributed by atoms with van der Waals surface area (Å²) in [4.78, 5) is 23.3. The Hall–Kier alpha value is -1.33. The smallest absolute Gasteiger partial charge is 0.326 e. The van der Waals surface area contributed by atoms with Crippen molar-refractivity contribution >= 4 is 39.1 Å². The van der Waals surface area contributed by atoms with E-state index in [1.165, 1.54) is 4.57 Å². The molecule has 0 radical (unpaired) electrons. The number of carbonyl (C=O) groups is 1. The van der Waals surface area contributed by atoms with Crippen LogP contribution in [0.3, 0.4) is 0 Å². The van der Waals surface area contributed by atoms with E-state index in [0.29, 0.717) is 0 Å². The highest BCUT2D eigenvalue weighted by molar-refractivity contribution is 7.16. The molecule has 18 heavy (non-hydrogen) atoms. The molecular formula is C12H12ClNO3S. The molecule has 0 aliphatic heterocycles. The van der Waals surface area contributed by atoms with E-state index in [9.17, 15) is 9.59 Å². The van der Waals surface area contributed by atoms with E-state index in [4.69, 9.17) is 16.3 Å². The third-order valence-corrected chi connectivity index (χ3v) is 3.81. The van der Waals surface area contributed by atoms with Gasteiger partial charge in [0.05, 0.1) is 16.1 Å². The minimum atomic E-state index is -0.450. The topological polar surface area (TPSA) is 48.3 Å². The summed E-state index contributed by atoms with van der Waals surface area (Å²) in [6.07, 6.45) is -0.347. The molecule has 1 aromatic carbocycles. The van der Waals surface area contributed by atoms with Gasteiger partial charge in [-0.05, 0) is 19.1 Å². The molecule has 0 aliphatic rings. The molecule has 4 nitrogen and oxygen atoms in total. The molecule has 2 rings (SSSR count). The van der Waals surface area contributed by atoms with Gasteiger partial charge in [-0.1, -0.05) is 23.5 Å². The Morgan fingerprint density at radius 3 is 2.94 bits per heavy atom. The standard InChI is InChI=1S/C12H12ClNO3S/c1-8(6-13)17-11(15)7-14-9-4-2-3-5-10(9)18-12(14)16/h2-5,8H,6-7H2,1H3/t8-/m0/s1. The summed E-state index contributed by atoms with van der Waals surface area (Å²) in [6.45, 7) is 1.63. The van der Waals surface area contributed by atoms with Crippen LogP contribution in [0.15, 0.2) is 29.1 Å². The number of hydrogen-bond acceptors (Lipinski definition) is 4. The van der Waals surface area contributed by atoms with Crippen molar-refractivity contribution in [2.45, 2.75) is 19.6 Å². The lowest BCUT2D eigenvalue weighted by atomic mass is 10.3. The average Bonchev–Trinajstić information content (AvgIpc) is 2.66. The molecule has 0 aliphatic carbocycles. The van der Waals surface area contributed by atoms with Crippen molar-refractivity contribution in [2.24, 2.45) is 0 Å². The highest BCUT2D eigenvalue weighted by Crippen LogP contribution is 2.16. The van der Waals surface area contributed by atoms with Crippen LogP contribution in [0.5, 0.6) is 0 Å². The van der Waals surface area contributed by atoms with Crippen molar-refractivity contribution in [1.82, 2.24) is 4.57 Å². The molecule has 0 saturated carbocycles. The van der Waals surface area contributed by atoms with Gasteiger partial charge in [0.1, 0.15) is 12.6 Å². The van der Waals surface area contributed by atoms with Crippen LogP contribution >= 0.6 is 22.9 Å². The van der Waals surface area contributed by atoms with E-state index in [2.05, 4.69) is 0 Å². The van der Waals surface area contributed by atoms with Gasteiger partial charge in [0.15, 0.2) is 0 Å². The molecule has 0 bridgehead atoms. The summed E-state index contributed by atoms with van der Waals surface area (Å²) in [5.41, 5.74) is 0.753. The van der Waals surface area contributed by atoms with Crippen LogP contribution in [0.25, 0.3) is 10.2 Å². The third-order valence-electron chi connectivity index (χ3n) is 2.41. The van der Waals surface area contributed by atoms with Gasteiger partial charge in [0.2, 0.25) is 0 Å². The largest absolute Gasteiger partial charge is 0.460 e. The number of halogens is 1. The Morgan fingerprint density at radius 1 is 1.50 bits per heavy atom. The Balaban J connectivity index is 2.24. The first-order valence-electron chi connectivity index (χ1n) is 5.45. The first-order valence-corrected chi connectivity index (χ1v) is 6.80. The minimum Gasteiger partial charge on any atom is -0.460 e. The number of alkyl halides is 1. The number of aromatic nitrogens is 1. The van der Waals surface area contributed by atoms with Gasteiger partial charge in [-0.25, -0.2) is 0 Å². The van der Waals surface area contributed by atoms with Crippen molar-refractivity contribution in [2.75, 3.05) is 5.88 Å². The average molecular weight is 286 g/mol. The van der Waals surface area contributed by atoms with Crippen LogP contribution in [0.4, 0.5) is 0 Å². The third kappa shape index (κ3) is 2.73. The van der Waals surface area contributed by atoms with E-state index in [-0.39, 0.29) is 23.4 Å². The number of hydrogen-bond donors (Lipinski definition) is 0. The van der Waals surface area contributed by atoms with Crippen LogP contribution < -0.4 is 4.87 Å². The van der Waals surface area contributed by atoms with Crippen LogP contribution in [0, 0.1) is 0 Å². The Bertz CT molecular complexity index is 619. The van der Waals surface area contributed by atoms with E-state index in [0.717, 1.165) is 21.6 Å². The predicted molar refractivity (Wildman–Crippen MR) is 72.4 cm³/mol. The molecule has 2 aromatic rings. The van der Waals surface area contributed by atoms with E-state index < -0.39 is 5.97 Å². The van der Waals surface area contributed by atoms with Crippen LogP contribution in [-0.4, -0.2) is 22.5 Å². The molecule has 0 N–H and O–H groups in total. The fourth-order valence-electron chi connectivity index (χ4n) is 1.59. The Morgan fingerprint density at radius 2 is 2.22 bits per heavy atom. The number of nitrogens with zero attached hydrogens (tertiary/aromatic N) is 1. The Kier molecular flexibility index (Phi) is 4.04. The summed E-state index contributed by atoms with van der Waals surface area (Å²) < 4.78 is 7.33. The van der Waals surface area contributed by atoms with E-state index >= 15 is 0 Å². The normalized spacial score (nSPS) is 12.6. The van der Waals surface area contributed by atoms with Crippen LogP contribution in [0.1, 0.15) is 6.92 Å². The molecule has 96 valence electrons. The quantitative estimate of drug-likeness (QED) is 0.639. The van der Waals surface area contributed by atoms with Gasteiger partial charge < -0.3 is 4.74 Å². The zero-order valence-electron chi connectivity index (χ0n) is 9.76. The Labute approximate surface area is 113 Å². The molecule has 0 amide bonds. The lowest BCUT2D eigenvalue weighted by molar-refractivity contribution is -0.147. The van der Waals surface area contributed by atoms with Crippen molar-refractivity contribution in [3.05, 3.63) is 33.9 Å². The molecule has 0 unspecified atom stereocenters. The first-order chi connectivity index (χ1) is 8.61. The predicted octanol–water partition coefficient (Wildman–Crippen LogP) is 2.23. The summed E-state index contributed by atoms with van der Waals surface area (Å²) in [7, 11) is 0. The maximum Gasteiger partial charge on any atom is 0.326 e. The number of esters is 1. The lowest BCUT2D eigenvalue weighted by Gasteiger charge is -2.10. The monoisotopic (exact) mass is 285 g/mol. The second kappa shape index (κ2) is 5.54. The van der Waals surface area contributed by atoms with Gasteiger partial charge in [0, 0.05) is 0 Å². The van der Waals surface area contributed by atoms with E-state index in [1.807, 2.05) is 24.3 Å². The van der Waals surface area contributed by atoms with Gasteiger partial charge in [0.25, 0.3) is 0 Å². The summed E-state index contributed by atoms with van der Waals surface area (Å²) in [5.74, 6) is -0.209. The zero-order valence-corrected chi connectivity index (χ0v) is 11.3. The van der Waals surface area contributed by atoms with Crippen LogP contribution in [-0.2, 0) is 16.1 Å². The number of rotatable bonds is 4. The van der Waals surface area contributed by atoms with Gasteiger partial charge in [-0.15, -0.1) is 11.6 Å². The SMILES string of the molecule is C[C@@H](CCl)OC(=O)Cn1c(=O)sc2ccccc21. The van der Waals surface area contributed by atoms with Crippen molar-refractivity contribution in [3.63, 3.8) is 0 Å². The lowest BCUT2D eigenvalue weighted by Crippen LogP contribution is -2.24. The summed E-state index contributed by atoms with van der Waals surface area (Å²) >= 11 is 6.68. The second-order valence-corrected chi connectivity index (χ2v) is 5.18. The minimum absolute atomic E-state index is 0.0793. The maximum absolute atomic E-state index is 11.8. The molecular weight excluding hydrogens is 274 g/mol. The number of para-hydroxylation sites is 1. The molecule has 0 fully saturated rings. The van der Waals surface area contributed by atoms with Crippen LogP contribution in [0.2, 0.25) is 0 Å². The summed E-state index contributed by atoms with van der Waals surface area (Å²) in [6, 6.07) is 7.35. The zero-order chi connectivity index (χ0) is 13.1. The van der Waals surface area contributed by atoms with Gasteiger partial charge in [-0.3, -0.25) is 14.2 Å². The number of thiazole rings is 1. The number of ether oxygens (including phenoxy) is 1. The van der Waals surface area contributed by atoms with Crippen molar-refractivity contribution in [1.29, 1.82) is 0 Å². The van der Waals surface area contributed by atoms with Gasteiger partial charge in [-0.2, -0.15) is 0 Å². The molecule has 1 atom stereocenters. The molecule has 1 aromatic heterocycles. The van der Waals surface area contributed by atoms with Crippen molar-refractivity contribution < 1.29 is 9.53 Å². The highest BCUT2D eigenvalue weighted by atomic mass is 35.5. The number of benzene rings is 1. The molecule has 0 spiro atoms. The second-order valence-electron chi connectivity index (χ2n) is 3.88. The van der Waals surface area contributed by atoms with Crippen molar-refractivity contribution in [3.8, 4) is 0 Å². The molecule has 6 heteroatoms.